The molecular formula is C23H23N4O5S2-. The second kappa shape index (κ2) is 8.71. The molecule has 11 heteroatoms. The van der Waals surface area contributed by atoms with Crippen molar-refractivity contribution < 1.29 is 19.4 Å². The summed E-state index contributed by atoms with van der Waals surface area (Å²) in [6, 6.07) is 7.13. The van der Waals surface area contributed by atoms with Crippen LogP contribution < -0.4 is 15.4 Å². The van der Waals surface area contributed by atoms with Crippen molar-refractivity contribution in [2.45, 2.75) is 50.3 Å². The van der Waals surface area contributed by atoms with Gasteiger partial charge in [-0.1, -0.05) is 25.6 Å². The molecule has 0 saturated heterocycles. The molecule has 3 aromatic heterocycles. The molecule has 1 aliphatic heterocycles. The number of hydrogen-bond acceptors (Lipinski definition) is 9. The monoisotopic (exact) mass is 499 g/mol. The number of thiophene rings is 1. The van der Waals surface area contributed by atoms with Crippen LogP contribution in [0, 0.1) is 5.92 Å². The van der Waals surface area contributed by atoms with E-state index in [1.807, 2.05) is 0 Å². The molecule has 0 saturated carbocycles. The van der Waals surface area contributed by atoms with E-state index in [1.54, 1.807) is 35.8 Å². The average Bonchev–Trinajstić information content (AvgIpc) is 3.40. The lowest BCUT2D eigenvalue weighted by molar-refractivity contribution is -0.304. The molecule has 0 spiro atoms. The summed E-state index contributed by atoms with van der Waals surface area (Å²) in [5, 5.41) is 20.1. The number of methoxy groups -OCH3 is 1. The molecule has 0 fully saturated rings. The second-order valence-corrected chi connectivity index (χ2v) is 10.9. The van der Waals surface area contributed by atoms with E-state index >= 15 is 0 Å². The number of benzene rings is 1. The van der Waals surface area contributed by atoms with Crippen molar-refractivity contribution in [2.24, 2.45) is 5.92 Å². The zero-order chi connectivity index (χ0) is 24.1. The number of carboxylic acid groups (broad SMARTS) is 1. The summed E-state index contributed by atoms with van der Waals surface area (Å²) in [6.45, 7) is 6.18. The highest BCUT2D eigenvalue weighted by atomic mass is 32.2. The predicted molar refractivity (Wildman–Crippen MR) is 128 cm³/mol. The van der Waals surface area contributed by atoms with Crippen LogP contribution in [0.1, 0.15) is 31.2 Å². The second-order valence-electron chi connectivity index (χ2n) is 8.52. The number of carboxylic acids is 1. The van der Waals surface area contributed by atoms with Crippen LogP contribution in [0.3, 0.4) is 0 Å². The van der Waals surface area contributed by atoms with Crippen LogP contribution in [-0.2, 0) is 22.6 Å². The Morgan fingerprint density at radius 1 is 1.26 bits per heavy atom. The van der Waals surface area contributed by atoms with E-state index in [1.165, 1.54) is 22.8 Å². The van der Waals surface area contributed by atoms with Gasteiger partial charge in [0.1, 0.15) is 10.6 Å². The normalized spacial score (nSPS) is 16.8. The van der Waals surface area contributed by atoms with Crippen LogP contribution in [0.25, 0.3) is 21.7 Å². The fraction of sp³-hybridized carbons (Fsp3) is 0.391. The van der Waals surface area contributed by atoms with Crippen LogP contribution in [0.15, 0.2) is 34.2 Å². The Hall–Kier alpha value is -2.89. The summed E-state index contributed by atoms with van der Waals surface area (Å²) in [4.78, 5) is 27.1. The number of aliphatic carboxylic acids is 1. The topological polar surface area (TPSA) is 111 Å². The first kappa shape index (κ1) is 22.9. The lowest BCUT2D eigenvalue weighted by Gasteiger charge is -2.26. The number of ether oxygens (including phenoxy) is 2. The first-order chi connectivity index (χ1) is 16.3. The molecule has 34 heavy (non-hydrogen) atoms. The highest BCUT2D eigenvalue weighted by molar-refractivity contribution is 8.00. The fourth-order valence-corrected chi connectivity index (χ4v) is 6.19. The minimum atomic E-state index is -1.19. The Kier molecular flexibility index (Phi) is 5.86. The summed E-state index contributed by atoms with van der Waals surface area (Å²) in [6.07, 6.45) is 0.652. The van der Waals surface area contributed by atoms with Gasteiger partial charge in [-0.2, -0.15) is 0 Å². The Morgan fingerprint density at radius 3 is 2.65 bits per heavy atom. The quantitative estimate of drug-likeness (QED) is 0.372. The van der Waals surface area contributed by atoms with Crippen molar-refractivity contribution in [3.05, 3.63) is 45.1 Å². The van der Waals surface area contributed by atoms with Gasteiger partial charge in [-0.15, -0.1) is 21.5 Å². The molecule has 0 unspecified atom stereocenters. The highest BCUT2D eigenvalue weighted by Gasteiger charge is 2.30. The maximum Gasteiger partial charge on any atom is 0.268 e. The summed E-state index contributed by atoms with van der Waals surface area (Å²) < 4.78 is 14.6. The van der Waals surface area contributed by atoms with Gasteiger partial charge >= 0.3 is 0 Å². The molecular weight excluding hydrogens is 476 g/mol. The first-order valence-corrected chi connectivity index (χ1v) is 12.6. The van der Waals surface area contributed by atoms with Gasteiger partial charge in [-0.25, -0.2) is 8.97 Å². The molecule has 178 valence electrons. The van der Waals surface area contributed by atoms with Gasteiger partial charge in [0.15, 0.2) is 5.16 Å². The number of carbonyl (C=O) groups excluding carboxylic acids is 1. The molecule has 4 aromatic rings. The fourth-order valence-electron chi connectivity index (χ4n) is 4.11. The standard InChI is InChI=1S/C23H24N4O5S2/c1-11(2)16-9-15-17(10-32-16)34-20-18(15)19(28)26(13-5-7-14(31-4)8-6-13)22-24-25-23(27(20)22)33-12(3)21(29)30/h5-8,11-12,16H,9-10H2,1-4H3,(H,29,30)/p-1/t12-,16-/m0/s1. The van der Waals surface area contributed by atoms with Crippen LogP contribution in [0.5, 0.6) is 5.75 Å². The third kappa shape index (κ3) is 3.68. The maximum absolute atomic E-state index is 14.0. The van der Waals surface area contributed by atoms with Gasteiger partial charge in [0.25, 0.3) is 5.56 Å². The molecule has 5 rings (SSSR count). The lowest BCUT2D eigenvalue weighted by atomic mass is 9.96. The summed E-state index contributed by atoms with van der Waals surface area (Å²) in [7, 11) is 1.58. The minimum Gasteiger partial charge on any atom is -0.549 e. The van der Waals surface area contributed by atoms with Gasteiger partial charge in [-0.3, -0.25) is 4.79 Å². The van der Waals surface area contributed by atoms with Gasteiger partial charge < -0.3 is 19.4 Å². The summed E-state index contributed by atoms with van der Waals surface area (Å²) in [5.74, 6) is 0.0931. The van der Waals surface area contributed by atoms with Crippen molar-refractivity contribution in [3.63, 3.8) is 0 Å². The average molecular weight is 500 g/mol. The van der Waals surface area contributed by atoms with Gasteiger partial charge in [0, 0.05) is 16.5 Å². The molecule has 0 radical (unpaired) electrons. The summed E-state index contributed by atoms with van der Waals surface area (Å²) >= 11 is 2.51. The van der Waals surface area contributed by atoms with Crippen LogP contribution >= 0.6 is 23.1 Å². The van der Waals surface area contributed by atoms with E-state index in [9.17, 15) is 14.7 Å². The first-order valence-electron chi connectivity index (χ1n) is 10.9. The number of hydrogen-bond donors (Lipinski definition) is 0. The summed E-state index contributed by atoms with van der Waals surface area (Å²) in [5.41, 5.74) is 1.41. The minimum absolute atomic E-state index is 0.0164. The number of rotatable bonds is 6. The molecule has 4 heterocycles. The molecule has 9 nitrogen and oxygen atoms in total. The number of fused-ring (bicyclic) bond motifs is 5. The third-order valence-corrected chi connectivity index (χ3v) is 8.24. The van der Waals surface area contributed by atoms with Gasteiger partial charge in [0.05, 0.1) is 36.9 Å². The molecule has 0 bridgehead atoms. The van der Waals surface area contributed by atoms with Gasteiger partial charge in [0.2, 0.25) is 5.78 Å². The van der Waals surface area contributed by atoms with E-state index < -0.39 is 11.2 Å². The van der Waals surface area contributed by atoms with Crippen molar-refractivity contribution in [1.82, 2.24) is 19.2 Å². The van der Waals surface area contributed by atoms with Crippen molar-refractivity contribution in [1.29, 1.82) is 0 Å². The molecule has 2 atom stereocenters. The van der Waals surface area contributed by atoms with E-state index in [0.29, 0.717) is 51.5 Å². The van der Waals surface area contributed by atoms with E-state index in [0.717, 1.165) is 22.2 Å². The molecule has 0 N–H and O–H groups in total. The zero-order valence-corrected chi connectivity index (χ0v) is 20.7. The predicted octanol–water partition coefficient (Wildman–Crippen LogP) is 2.43. The number of aromatic nitrogens is 4. The SMILES string of the molecule is COc1ccc(-n2c(=O)c3c4c(sc3n3c(S[C@@H](C)C(=O)[O-])nnc23)CO[C@H](C(C)C)C4)cc1. The maximum atomic E-state index is 14.0. The van der Waals surface area contributed by atoms with Crippen molar-refractivity contribution in [3.8, 4) is 11.4 Å². The largest absolute Gasteiger partial charge is 0.549 e. The van der Waals surface area contributed by atoms with Crippen molar-refractivity contribution in [2.75, 3.05) is 7.11 Å². The van der Waals surface area contributed by atoms with E-state index in [4.69, 9.17) is 9.47 Å². The highest BCUT2D eigenvalue weighted by Crippen LogP contribution is 2.38. The smallest absolute Gasteiger partial charge is 0.268 e. The van der Waals surface area contributed by atoms with Crippen LogP contribution in [0.2, 0.25) is 0 Å². The Balaban J connectivity index is 1.82. The van der Waals surface area contributed by atoms with Gasteiger partial charge in [-0.05, 0) is 42.7 Å². The van der Waals surface area contributed by atoms with E-state index in [-0.39, 0.29) is 11.7 Å². The van der Waals surface area contributed by atoms with E-state index in [2.05, 4.69) is 24.0 Å². The number of nitrogens with zero attached hydrogens (tertiary/aromatic N) is 4. The van der Waals surface area contributed by atoms with Crippen LogP contribution in [-0.4, -0.2) is 43.6 Å². The van der Waals surface area contributed by atoms with Crippen LogP contribution in [0.4, 0.5) is 0 Å². The molecule has 1 aliphatic rings. The number of carbonyl (C=O) groups is 1. The Labute approximate surface area is 203 Å². The third-order valence-electron chi connectivity index (χ3n) is 6.03. The molecule has 0 aliphatic carbocycles. The van der Waals surface area contributed by atoms with Crippen molar-refractivity contribution >= 4 is 45.1 Å². The Bertz CT molecular complexity index is 1450. The zero-order valence-electron chi connectivity index (χ0n) is 19.1. The lowest BCUT2D eigenvalue weighted by Crippen LogP contribution is -2.31. The molecule has 1 aromatic carbocycles. The number of thioether (sulfide) groups is 1. The molecule has 0 amide bonds. The Morgan fingerprint density at radius 2 is 2.00 bits per heavy atom.